The standard InChI is InChI=1S/C44H56N2O8S2/c1-11-31-25-53-41(45(31)55(49,50)33-17-13-27(3)14-18-33)37-23-29(43(5,6)7)21-35(39(37)47)36-22-30(44(8,9)10)24-38(40(36)48)42-46(32(12-2)26-54-42)56(51,52)34-19-15-28(4)16-20-34/h13-24,31-32,41-42,47-48H,11-12,25-26H2,1-10H3/t31-,32-,41-,42-/m0/s1. The van der Waals surface area contributed by atoms with Crippen molar-refractivity contribution in [2.24, 2.45) is 0 Å². The molecule has 4 aromatic carbocycles. The minimum Gasteiger partial charge on any atom is -0.507 e. The van der Waals surface area contributed by atoms with Crippen molar-refractivity contribution in [2.45, 2.75) is 127 Å². The molecule has 12 heteroatoms. The van der Waals surface area contributed by atoms with Gasteiger partial charge in [0.05, 0.1) is 35.1 Å². The number of hydrogen-bond acceptors (Lipinski definition) is 8. The van der Waals surface area contributed by atoms with E-state index in [-0.39, 0.29) is 56.8 Å². The molecule has 4 atom stereocenters. The van der Waals surface area contributed by atoms with E-state index in [9.17, 15) is 27.0 Å². The number of phenols is 2. The van der Waals surface area contributed by atoms with E-state index in [1.54, 1.807) is 72.8 Å². The van der Waals surface area contributed by atoms with Crippen LogP contribution in [0.1, 0.15) is 114 Å². The highest BCUT2D eigenvalue weighted by molar-refractivity contribution is 7.89. The molecule has 302 valence electrons. The van der Waals surface area contributed by atoms with Crippen LogP contribution in [0.5, 0.6) is 11.5 Å². The van der Waals surface area contributed by atoms with Crippen LogP contribution in [-0.4, -0.2) is 61.0 Å². The zero-order chi connectivity index (χ0) is 41.1. The van der Waals surface area contributed by atoms with Gasteiger partial charge in [0.25, 0.3) is 0 Å². The molecule has 10 nitrogen and oxygen atoms in total. The van der Waals surface area contributed by atoms with E-state index in [0.717, 1.165) is 22.3 Å². The van der Waals surface area contributed by atoms with Crippen LogP contribution in [0.15, 0.2) is 82.6 Å². The summed E-state index contributed by atoms with van der Waals surface area (Å²) in [7, 11) is -8.19. The first kappa shape index (κ1) is 41.8. The lowest BCUT2D eigenvalue weighted by Gasteiger charge is -2.31. The van der Waals surface area contributed by atoms with Crippen LogP contribution in [0.4, 0.5) is 0 Å². The van der Waals surface area contributed by atoms with Crippen molar-refractivity contribution in [1.82, 2.24) is 8.61 Å². The lowest BCUT2D eigenvalue weighted by Crippen LogP contribution is -2.38. The van der Waals surface area contributed by atoms with Crippen molar-refractivity contribution >= 4 is 20.0 Å². The molecular weight excluding hydrogens is 749 g/mol. The molecule has 56 heavy (non-hydrogen) atoms. The van der Waals surface area contributed by atoms with Crippen LogP contribution in [-0.2, 0) is 40.4 Å². The molecule has 0 aromatic heterocycles. The second kappa shape index (κ2) is 15.2. The average molecular weight is 805 g/mol. The Balaban J connectivity index is 1.58. The van der Waals surface area contributed by atoms with E-state index in [1.807, 2.05) is 69.2 Å². The summed E-state index contributed by atoms with van der Waals surface area (Å²) in [5, 5.41) is 24.8. The van der Waals surface area contributed by atoms with Gasteiger partial charge < -0.3 is 19.7 Å². The number of nitrogens with zero attached hydrogens (tertiary/aromatic N) is 2. The highest BCUT2D eigenvalue weighted by Gasteiger charge is 2.47. The van der Waals surface area contributed by atoms with Crippen LogP contribution in [0, 0.1) is 13.8 Å². The van der Waals surface area contributed by atoms with Crippen LogP contribution in [0.3, 0.4) is 0 Å². The average Bonchev–Trinajstić information content (AvgIpc) is 3.77. The number of aromatic hydroxyl groups is 2. The Bertz CT molecular complexity index is 2150. The third-order valence-electron chi connectivity index (χ3n) is 11.0. The number of hydrogen-bond donors (Lipinski definition) is 2. The number of sulfonamides is 2. The maximum Gasteiger partial charge on any atom is 0.245 e. The van der Waals surface area contributed by atoms with Crippen LogP contribution in [0.2, 0.25) is 0 Å². The van der Waals surface area contributed by atoms with E-state index in [2.05, 4.69) is 0 Å². The van der Waals surface area contributed by atoms with Gasteiger partial charge in [-0.2, -0.15) is 8.61 Å². The van der Waals surface area contributed by atoms with Crippen molar-refractivity contribution in [2.75, 3.05) is 13.2 Å². The molecule has 4 aromatic rings. The highest BCUT2D eigenvalue weighted by atomic mass is 32.2. The SMILES string of the molecule is CC[C@H]1CO[C@@H](c2cc(C(C)(C)C)cc(-c3cc(C(C)(C)C)cc([C@@H]4OC[C@H](CC)N4S(=O)(=O)c4ccc(C)cc4)c3O)c2O)N1S(=O)(=O)c1ccc(C)cc1. The molecule has 2 aliphatic rings. The first-order chi connectivity index (χ1) is 26.1. The van der Waals surface area contributed by atoms with Gasteiger partial charge in [-0.15, -0.1) is 0 Å². The summed E-state index contributed by atoms with van der Waals surface area (Å²) >= 11 is 0. The Morgan fingerprint density at radius 3 is 1.20 bits per heavy atom. The van der Waals surface area contributed by atoms with E-state index in [4.69, 9.17) is 9.47 Å². The summed E-state index contributed by atoms with van der Waals surface area (Å²) in [6.07, 6.45) is -1.38. The van der Waals surface area contributed by atoms with Gasteiger partial charge in [-0.1, -0.05) is 90.8 Å². The fourth-order valence-electron chi connectivity index (χ4n) is 7.41. The summed E-state index contributed by atoms with van der Waals surface area (Å²) in [5.41, 5.74) is 3.41. The van der Waals surface area contributed by atoms with E-state index in [0.29, 0.717) is 12.8 Å². The lowest BCUT2D eigenvalue weighted by molar-refractivity contribution is 0.0654. The normalized spacial score (nSPS) is 21.5. The Hall–Kier alpha value is -3.78. The quantitative estimate of drug-likeness (QED) is 0.171. The third-order valence-corrected chi connectivity index (χ3v) is 14.9. The van der Waals surface area contributed by atoms with Gasteiger partial charge in [0.15, 0.2) is 12.5 Å². The van der Waals surface area contributed by atoms with E-state index >= 15 is 0 Å². The molecule has 0 aliphatic carbocycles. The van der Waals surface area contributed by atoms with E-state index < -0.39 is 55.4 Å². The second-order valence-corrected chi connectivity index (χ2v) is 20.9. The molecule has 2 heterocycles. The topological polar surface area (TPSA) is 134 Å². The molecule has 2 N–H and O–H groups in total. The number of benzene rings is 4. The molecule has 2 fully saturated rings. The summed E-state index contributed by atoms with van der Waals surface area (Å²) < 4.78 is 72.8. The van der Waals surface area contributed by atoms with Crippen LogP contribution < -0.4 is 0 Å². The molecule has 2 saturated heterocycles. The number of phenolic OH excluding ortho intramolecular Hbond substituents is 2. The maximum absolute atomic E-state index is 14.4. The van der Waals surface area contributed by atoms with Gasteiger partial charge in [0, 0.05) is 22.3 Å². The summed E-state index contributed by atoms with van der Waals surface area (Å²) in [5.74, 6) is -0.502. The molecule has 0 bridgehead atoms. The monoisotopic (exact) mass is 804 g/mol. The lowest BCUT2D eigenvalue weighted by atomic mass is 9.80. The number of aryl methyl sites for hydroxylation is 2. The predicted octanol–water partition coefficient (Wildman–Crippen LogP) is 8.97. The molecular formula is C44H56N2O8S2. The molecule has 0 saturated carbocycles. The van der Waals surface area contributed by atoms with E-state index in [1.165, 1.54) is 8.61 Å². The Morgan fingerprint density at radius 1 is 0.589 bits per heavy atom. The first-order valence-corrected chi connectivity index (χ1v) is 22.2. The highest BCUT2D eigenvalue weighted by Crippen LogP contribution is 2.51. The van der Waals surface area contributed by atoms with Gasteiger partial charge in [-0.05, 0) is 97.2 Å². The van der Waals surface area contributed by atoms with Gasteiger partial charge in [0.2, 0.25) is 20.0 Å². The van der Waals surface area contributed by atoms with Crippen LogP contribution >= 0.6 is 0 Å². The molecule has 0 spiro atoms. The van der Waals surface area contributed by atoms with Gasteiger partial charge >= 0.3 is 0 Å². The Labute approximate surface area is 333 Å². The summed E-state index contributed by atoms with van der Waals surface area (Å²) in [6.45, 7) is 19.9. The van der Waals surface area contributed by atoms with Crippen molar-refractivity contribution in [3.63, 3.8) is 0 Å². The Morgan fingerprint density at radius 2 is 0.911 bits per heavy atom. The number of rotatable bonds is 9. The maximum atomic E-state index is 14.4. The number of ether oxygens (including phenoxy) is 2. The Kier molecular flexibility index (Phi) is 11.3. The largest absolute Gasteiger partial charge is 0.507 e. The van der Waals surface area contributed by atoms with Crippen LogP contribution in [0.25, 0.3) is 11.1 Å². The fraction of sp³-hybridized carbons (Fsp3) is 0.455. The minimum absolute atomic E-state index is 0.121. The summed E-state index contributed by atoms with van der Waals surface area (Å²) in [4.78, 5) is 0.243. The first-order valence-electron chi connectivity index (χ1n) is 19.3. The molecule has 6 rings (SSSR count). The van der Waals surface area contributed by atoms with Gasteiger partial charge in [-0.3, -0.25) is 0 Å². The zero-order valence-electron chi connectivity index (χ0n) is 34.1. The third kappa shape index (κ3) is 7.64. The van der Waals surface area contributed by atoms with Crippen molar-refractivity contribution < 1.29 is 36.5 Å². The predicted molar refractivity (Wildman–Crippen MR) is 219 cm³/mol. The molecule has 0 radical (unpaired) electrons. The van der Waals surface area contributed by atoms with Crippen molar-refractivity contribution in [1.29, 1.82) is 0 Å². The smallest absolute Gasteiger partial charge is 0.245 e. The summed E-state index contributed by atoms with van der Waals surface area (Å²) in [6, 6.07) is 19.5. The second-order valence-electron chi connectivity index (χ2n) is 17.2. The molecule has 0 unspecified atom stereocenters. The fourth-order valence-corrected chi connectivity index (χ4v) is 10.9. The van der Waals surface area contributed by atoms with Gasteiger partial charge in [0.1, 0.15) is 11.5 Å². The molecule has 0 amide bonds. The minimum atomic E-state index is -4.09. The molecule has 2 aliphatic heterocycles. The van der Waals surface area contributed by atoms with Crippen molar-refractivity contribution in [3.05, 3.63) is 106 Å². The van der Waals surface area contributed by atoms with Crippen molar-refractivity contribution in [3.8, 4) is 22.6 Å². The van der Waals surface area contributed by atoms with Gasteiger partial charge in [-0.25, -0.2) is 16.8 Å². The zero-order valence-corrected chi connectivity index (χ0v) is 35.8.